The second kappa shape index (κ2) is 7.53. The van der Waals surface area contributed by atoms with Crippen molar-refractivity contribution in [2.75, 3.05) is 11.9 Å². The van der Waals surface area contributed by atoms with Crippen molar-refractivity contribution in [3.63, 3.8) is 0 Å². The third kappa shape index (κ3) is 4.80. The molecule has 1 heterocycles. The first kappa shape index (κ1) is 15.9. The number of nitrogens with one attached hydrogen (secondary N) is 2. The maximum atomic E-state index is 12.0. The van der Waals surface area contributed by atoms with E-state index < -0.39 is 0 Å². The molecule has 0 fully saturated rings. The fourth-order valence-corrected chi connectivity index (χ4v) is 2.40. The lowest BCUT2D eigenvalue weighted by Crippen LogP contribution is -2.19. The largest absolute Gasteiger partial charge is 0.323 e. The summed E-state index contributed by atoms with van der Waals surface area (Å²) in [5.74, 6) is -0.209. The Labute approximate surface area is 136 Å². The molecule has 0 unspecified atom stereocenters. The zero-order chi connectivity index (χ0) is 15.2. The van der Waals surface area contributed by atoms with Gasteiger partial charge in [0, 0.05) is 11.0 Å². The van der Waals surface area contributed by atoms with Crippen LogP contribution < -0.4 is 10.6 Å². The average Bonchev–Trinajstić information content (AvgIpc) is 2.87. The van der Waals surface area contributed by atoms with Crippen LogP contribution in [-0.4, -0.2) is 27.4 Å². The van der Waals surface area contributed by atoms with Crippen molar-refractivity contribution >= 4 is 39.1 Å². The molecule has 0 aliphatic carbocycles. The van der Waals surface area contributed by atoms with E-state index in [0.29, 0.717) is 17.3 Å². The van der Waals surface area contributed by atoms with Gasteiger partial charge in [0.25, 0.3) is 0 Å². The normalized spacial score (nSPS) is 10.6. The highest BCUT2D eigenvalue weighted by Crippen LogP contribution is 2.25. The van der Waals surface area contributed by atoms with Crippen LogP contribution in [0.4, 0.5) is 5.69 Å². The molecule has 21 heavy (non-hydrogen) atoms. The number of carbonyl (C=O) groups is 1. The van der Waals surface area contributed by atoms with Gasteiger partial charge in [-0.05, 0) is 24.7 Å². The minimum absolute atomic E-state index is 0.0888. The summed E-state index contributed by atoms with van der Waals surface area (Å²) in [5.41, 5.74) is 1.36. The molecular formula is C13H15BrClN5O. The van der Waals surface area contributed by atoms with Gasteiger partial charge in [-0.15, -0.1) is 5.10 Å². The Kier molecular flexibility index (Phi) is 5.72. The zero-order valence-electron chi connectivity index (χ0n) is 11.4. The lowest BCUT2D eigenvalue weighted by atomic mass is 10.3. The van der Waals surface area contributed by atoms with Crippen LogP contribution in [0.15, 0.2) is 28.9 Å². The van der Waals surface area contributed by atoms with Crippen molar-refractivity contribution in [3.8, 4) is 0 Å². The van der Waals surface area contributed by atoms with Gasteiger partial charge in [-0.3, -0.25) is 4.79 Å². The van der Waals surface area contributed by atoms with Crippen LogP contribution in [0.25, 0.3) is 0 Å². The molecule has 0 aliphatic rings. The first-order valence-electron chi connectivity index (χ1n) is 6.43. The fourth-order valence-electron chi connectivity index (χ4n) is 1.68. The molecule has 0 spiro atoms. The molecule has 2 N–H and O–H groups in total. The molecule has 1 aromatic carbocycles. The summed E-state index contributed by atoms with van der Waals surface area (Å²) in [6.45, 7) is 3.59. The second-order valence-corrected chi connectivity index (χ2v) is 5.68. The minimum atomic E-state index is -0.209. The van der Waals surface area contributed by atoms with Crippen molar-refractivity contribution in [1.29, 1.82) is 0 Å². The summed E-state index contributed by atoms with van der Waals surface area (Å²) in [7, 11) is 0. The Bertz CT molecular complexity index is 631. The summed E-state index contributed by atoms with van der Waals surface area (Å²) >= 11 is 9.36. The highest BCUT2D eigenvalue weighted by Gasteiger charge is 2.08. The topological polar surface area (TPSA) is 71.8 Å². The number of hydrogen-bond acceptors (Lipinski definition) is 4. The van der Waals surface area contributed by atoms with E-state index in [4.69, 9.17) is 11.6 Å². The van der Waals surface area contributed by atoms with Gasteiger partial charge in [0.15, 0.2) is 0 Å². The molecule has 8 heteroatoms. The van der Waals surface area contributed by atoms with E-state index in [1.54, 1.807) is 18.3 Å². The molecule has 2 aromatic rings. The fraction of sp³-hybridized carbons (Fsp3) is 0.308. The maximum absolute atomic E-state index is 12.0. The van der Waals surface area contributed by atoms with Gasteiger partial charge in [0.1, 0.15) is 6.54 Å². The smallest absolute Gasteiger partial charge is 0.246 e. The number of hydrogen-bond donors (Lipinski definition) is 2. The van der Waals surface area contributed by atoms with E-state index in [1.807, 2.05) is 13.0 Å². The second-order valence-electron chi connectivity index (χ2n) is 4.36. The van der Waals surface area contributed by atoms with Gasteiger partial charge in [0.2, 0.25) is 5.91 Å². The molecule has 0 aliphatic heterocycles. The lowest BCUT2D eigenvalue weighted by Gasteiger charge is -2.07. The molecule has 0 atom stereocenters. The van der Waals surface area contributed by atoms with E-state index >= 15 is 0 Å². The van der Waals surface area contributed by atoms with E-state index in [1.165, 1.54) is 4.68 Å². The number of carbonyl (C=O) groups excluding carboxylic acids is 1. The van der Waals surface area contributed by atoms with Crippen molar-refractivity contribution in [2.45, 2.75) is 20.0 Å². The molecule has 1 aromatic heterocycles. The Hall–Kier alpha value is -1.44. The van der Waals surface area contributed by atoms with E-state index in [2.05, 4.69) is 36.9 Å². The van der Waals surface area contributed by atoms with Crippen LogP contribution in [0.1, 0.15) is 12.6 Å². The number of halogens is 2. The molecule has 0 bridgehead atoms. The van der Waals surface area contributed by atoms with Crippen LogP contribution >= 0.6 is 27.5 Å². The third-order valence-electron chi connectivity index (χ3n) is 2.65. The number of aromatic nitrogens is 3. The van der Waals surface area contributed by atoms with Crippen LogP contribution in [0.2, 0.25) is 5.02 Å². The van der Waals surface area contributed by atoms with Crippen LogP contribution in [0, 0.1) is 0 Å². The first-order chi connectivity index (χ1) is 10.1. The zero-order valence-corrected chi connectivity index (χ0v) is 13.8. The predicted octanol–water partition coefficient (Wildman–Crippen LogP) is 2.44. The van der Waals surface area contributed by atoms with Gasteiger partial charge in [-0.25, -0.2) is 4.68 Å². The van der Waals surface area contributed by atoms with Crippen LogP contribution in [0.3, 0.4) is 0 Å². The Balaban J connectivity index is 1.93. The first-order valence-corrected chi connectivity index (χ1v) is 7.60. The van der Waals surface area contributed by atoms with Crippen LogP contribution in [-0.2, 0) is 17.9 Å². The number of benzene rings is 1. The van der Waals surface area contributed by atoms with Crippen molar-refractivity contribution in [1.82, 2.24) is 20.3 Å². The van der Waals surface area contributed by atoms with Crippen LogP contribution in [0.5, 0.6) is 0 Å². The van der Waals surface area contributed by atoms with E-state index in [9.17, 15) is 4.79 Å². The average molecular weight is 373 g/mol. The lowest BCUT2D eigenvalue weighted by molar-refractivity contribution is -0.116. The summed E-state index contributed by atoms with van der Waals surface area (Å²) in [6, 6.07) is 5.27. The summed E-state index contributed by atoms with van der Waals surface area (Å²) in [5, 5.41) is 14.3. The maximum Gasteiger partial charge on any atom is 0.246 e. The highest BCUT2D eigenvalue weighted by atomic mass is 79.9. The molecule has 0 saturated heterocycles. The minimum Gasteiger partial charge on any atom is -0.323 e. The van der Waals surface area contributed by atoms with Gasteiger partial charge >= 0.3 is 0 Å². The van der Waals surface area contributed by atoms with Gasteiger partial charge in [0.05, 0.1) is 22.6 Å². The Morgan fingerprint density at radius 2 is 2.29 bits per heavy atom. The Morgan fingerprint density at radius 3 is 3.00 bits per heavy atom. The van der Waals surface area contributed by atoms with Crippen molar-refractivity contribution < 1.29 is 4.79 Å². The summed E-state index contributed by atoms with van der Waals surface area (Å²) in [6.07, 6.45) is 1.74. The van der Waals surface area contributed by atoms with Gasteiger partial charge < -0.3 is 10.6 Å². The quantitative estimate of drug-likeness (QED) is 0.817. The summed E-state index contributed by atoms with van der Waals surface area (Å²) < 4.78 is 2.35. The number of nitrogens with zero attached hydrogens (tertiary/aromatic N) is 3. The molecule has 0 saturated carbocycles. The number of rotatable bonds is 6. The molecule has 112 valence electrons. The standard InChI is InChI=1S/C13H15BrClN5O/c1-2-16-6-10-7-20(19-18-10)8-13(21)17-12-4-3-9(14)5-11(12)15/h3-5,7,16H,2,6,8H2,1H3,(H,17,21). The highest BCUT2D eigenvalue weighted by molar-refractivity contribution is 9.10. The molecule has 1 amide bonds. The molecule has 6 nitrogen and oxygen atoms in total. The molecular weight excluding hydrogens is 358 g/mol. The van der Waals surface area contributed by atoms with Crippen molar-refractivity contribution in [3.05, 3.63) is 39.6 Å². The monoisotopic (exact) mass is 371 g/mol. The Morgan fingerprint density at radius 1 is 1.48 bits per heavy atom. The molecule has 0 radical (unpaired) electrons. The predicted molar refractivity (Wildman–Crippen MR) is 85.2 cm³/mol. The van der Waals surface area contributed by atoms with Gasteiger partial charge in [-0.1, -0.05) is 39.7 Å². The number of amides is 1. The van der Waals surface area contributed by atoms with E-state index in [-0.39, 0.29) is 12.5 Å². The number of anilines is 1. The SMILES string of the molecule is CCNCc1cn(CC(=O)Nc2ccc(Br)cc2Cl)nn1. The molecule has 2 rings (SSSR count). The van der Waals surface area contributed by atoms with Crippen molar-refractivity contribution in [2.24, 2.45) is 0 Å². The third-order valence-corrected chi connectivity index (χ3v) is 3.46. The van der Waals surface area contributed by atoms with E-state index in [0.717, 1.165) is 16.7 Å². The van der Waals surface area contributed by atoms with Gasteiger partial charge in [-0.2, -0.15) is 0 Å². The summed E-state index contributed by atoms with van der Waals surface area (Å²) in [4.78, 5) is 12.0.